The molecule has 0 fully saturated rings. The van der Waals surface area contributed by atoms with E-state index in [1.54, 1.807) is 0 Å². The molecule has 0 aliphatic heterocycles. The Bertz CT molecular complexity index is 305. The summed E-state index contributed by atoms with van der Waals surface area (Å²) in [7, 11) is 0. The van der Waals surface area contributed by atoms with Gasteiger partial charge >= 0.3 is 0 Å². The van der Waals surface area contributed by atoms with Crippen LogP contribution in [0.1, 0.15) is 43.8 Å². The van der Waals surface area contributed by atoms with Crippen molar-refractivity contribution in [2.24, 2.45) is 11.7 Å². The molecule has 0 aliphatic carbocycles. The van der Waals surface area contributed by atoms with Gasteiger partial charge in [0.2, 0.25) is 0 Å². The zero-order valence-electron chi connectivity index (χ0n) is 10.6. The molecule has 0 saturated heterocycles. The van der Waals surface area contributed by atoms with Crippen LogP contribution >= 0.6 is 0 Å². The molecular weight excluding hydrogens is 202 g/mol. The van der Waals surface area contributed by atoms with E-state index in [1.165, 1.54) is 6.42 Å². The van der Waals surface area contributed by atoms with Crippen molar-refractivity contribution in [2.45, 2.75) is 46.8 Å². The number of rotatable bonds is 7. The summed E-state index contributed by atoms with van der Waals surface area (Å²) >= 11 is 0. The first-order valence-corrected chi connectivity index (χ1v) is 5.99. The molecule has 0 atom stereocenters. The topological polar surface area (TPSA) is 48.4 Å². The number of hydrogen-bond donors (Lipinski definition) is 1. The minimum atomic E-state index is 0.453. The van der Waals surface area contributed by atoms with Gasteiger partial charge in [-0.2, -0.15) is 0 Å². The standard InChI is InChI=1S/C13H23NO2/c1-10(2)5-4-6-15-9-12-7-13(8-14)16-11(12)3/h7,10H,4-6,8-9,14H2,1-3H3. The van der Waals surface area contributed by atoms with Gasteiger partial charge in [-0.1, -0.05) is 13.8 Å². The lowest BCUT2D eigenvalue weighted by Crippen LogP contribution is -1.98. The van der Waals surface area contributed by atoms with Crippen LogP contribution in [0.2, 0.25) is 0 Å². The van der Waals surface area contributed by atoms with E-state index in [0.717, 1.165) is 36.0 Å². The van der Waals surface area contributed by atoms with Crippen LogP contribution < -0.4 is 5.73 Å². The van der Waals surface area contributed by atoms with Gasteiger partial charge < -0.3 is 14.9 Å². The summed E-state index contributed by atoms with van der Waals surface area (Å²) in [6.45, 7) is 8.32. The lowest BCUT2D eigenvalue weighted by molar-refractivity contribution is 0.114. The van der Waals surface area contributed by atoms with Gasteiger partial charge in [-0.05, 0) is 31.7 Å². The van der Waals surface area contributed by atoms with Gasteiger partial charge in [-0.3, -0.25) is 0 Å². The molecule has 3 nitrogen and oxygen atoms in total. The molecule has 0 radical (unpaired) electrons. The number of furan rings is 1. The highest BCUT2D eigenvalue weighted by atomic mass is 16.5. The Hall–Kier alpha value is -0.800. The van der Waals surface area contributed by atoms with E-state index in [0.29, 0.717) is 13.2 Å². The number of aryl methyl sites for hydroxylation is 1. The highest BCUT2D eigenvalue weighted by Gasteiger charge is 2.06. The van der Waals surface area contributed by atoms with Gasteiger partial charge in [-0.15, -0.1) is 0 Å². The molecule has 3 heteroatoms. The van der Waals surface area contributed by atoms with E-state index < -0.39 is 0 Å². The fraction of sp³-hybridized carbons (Fsp3) is 0.692. The molecule has 1 heterocycles. The molecular formula is C13H23NO2. The third-order valence-corrected chi connectivity index (χ3v) is 2.60. The highest BCUT2D eigenvalue weighted by molar-refractivity contribution is 5.19. The maximum atomic E-state index is 5.61. The molecule has 0 aromatic carbocycles. The Morgan fingerprint density at radius 3 is 2.75 bits per heavy atom. The maximum absolute atomic E-state index is 5.61. The zero-order chi connectivity index (χ0) is 12.0. The Morgan fingerprint density at radius 2 is 2.19 bits per heavy atom. The van der Waals surface area contributed by atoms with Crippen LogP contribution in [0.5, 0.6) is 0 Å². The Balaban J connectivity index is 2.23. The second-order valence-corrected chi connectivity index (χ2v) is 4.59. The van der Waals surface area contributed by atoms with Gasteiger partial charge in [0, 0.05) is 12.2 Å². The SMILES string of the molecule is Cc1oc(CN)cc1COCCCC(C)C. The van der Waals surface area contributed by atoms with Crippen molar-refractivity contribution in [1.82, 2.24) is 0 Å². The van der Waals surface area contributed by atoms with Gasteiger partial charge in [0.1, 0.15) is 11.5 Å². The predicted molar refractivity (Wildman–Crippen MR) is 65.1 cm³/mol. The van der Waals surface area contributed by atoms with Gasteiger partial charge in [0.25, 0.3) is 0 Å². The lowest BCUT2D eigenvalue weighted by Gasteiger charge is -2.05. The van der Waals surface area contributed by atoms with Crippen molar-refractivity contribution in [3.8, 4) is 0 Å². The van der Waals surface area contributed by atoms with E-state index >= 15 is 0 Å². The molecule has 0 saturated carbocycles. The fourth-order valence-electron chi connectivity index (χ4n) is 1.61. The molecule has 1 rings (SSSR count). The van der Waals surface area contributed by atoms with Gasteiger partial charge in [0.15, 0.2) is 0 Å². The summed E-state index contributed by atoms with van der Waals surface area (Å²) < 4.78 is 11.1. The van der Waals surface area contributed by atoms with Crippen LogP contribution in [0.25, 0.3) is 0 Å². The summed E-state index contributed by atoms with van der Waals surface area (Å²) in [6.07, 6.45) is 2.34. The largest absolute Gasteiger partial charge is 0.465 e. The third-order valence-electron chi connectivity index (χ3n) is 2.60. The van der Waals surface area contributed by atoms with E-state index in [-0.39, 0.29) is 0 Å². The normalized spacial score (nSPS) is 11.3. The van der Waals surface area contributed by atoms with Crippen molar-refractivity contribution in [3.05, 3.63) is 23.2 Å². The van der Waals surface area contributed by atoms with Gasteiger partial charge in [-0.25, -0.2) is 0 Å². The molecule has 16 heavy (non-hydrogen) atoms. The quantitative estimate of drug-likeness (QED) is 0.726. The number of ether oxygens (including phenoxy) is 1. The van der Waals surface area contributed by atoms with E-state index in [1.807, 2.05) is 13.0 Å². The first-order chi connectivity index (χ1) is 7.63. The van der Waals surface area contributed by atoms with Crippen molar-refractivity contribution in [2.75, 3.05) is 6.61 Å². The molecule has 0 spiro atoms. The average Bonchev–Trinajstić information content (AvgIpc) is 2.59. The molecule has 2 N–H and O–H groups in total. The second-order valence-electron chi connectivity index (χ2n) is 4.59. The lowest BCUT2D eigenvalue weighted by atomic mass is 10.1. The van der Waals surface area contributed by atoms with Gasteiger partial charge in [0.05, 0.1) is 13.2 Å². The van der Waals surface area contributed by atoms with Crippen LogP contribution in [0, 0.1) is 12.8 Å². The first-order valence-electron chi connectivity index (χ1n) is 5.99. The summed E-state index contributed by atoms with van der Waals surface area (Å²) in [5, 5.41) is 0. The fourth-order valence-corrected chi connectivity index (χ4v) is 1.61. The van der Waals surface area contributed by atoms with Crippen LogP contribution in [0.15, 0.2) is 10.5 Å². The molecule has 0 amide bonds. The summed E-state index contributed by atoms with van der Waals surface area (Å²) in [4.78, 5) is 0. The van der Waals surface area contributed by atoms with Crippen LogP contribution in [0.3, 0.4) is 0 Å². The number of nitrogens with two attached hydrogens (primary N) is 1. The minimum absolute atomic E-state index is 0.453. The summed E-state index contributed by atoms with van der Waals surface area (Å²) in [5.41, 5.74) is 6.62. The predicted octanol–water partition coefficient (Wildman–Crippen LogP) is 3.00. The average molecular weight is 225 g/mol. The Morgan fingerprint density at radius 1 is 1.44 bits per heavy atom. The van der Waals surface area contributed by atoms with E-state index in [2.05, 4.69) is 13.8 Å². The molecule has 0 bridgehead atoms. The highest BCUT2D eigenvalue weighted by Crippen LogP contribution is 2.15. The summed E-state index contributed by atoms with van der Waals surface area (Å²) in [5.74, 6) is 2.51. The van der Waals surface area contributed by atoms with Crippen molar-refractivity contribution in [1.29, 1.82) is 0 Å². The van der Waals surface area contributed by atoms with E-state index in [4.69, 9.17) is 14.9 Å². The molecule has 0 unspecified atom stereocenters. The minimum Gasteiger partial charge on any atom is -0.465 e. The molecule has 1 aromatic rings. The Labute approximate surface area is 98.0 Å². The second kappa shape index (κ2) is 6.71. The van der Waals surface area contributed by atoms with Crippen LogP contribution in [-0.4, -0.2) is 6.61 Å². The third kappa shape index (κ3) is 4.37. The zero-order valence-corrected chi connectivity index (χ0v) is 10.6. The molecule has 92 valence electrons. The Kier molecular flexibility index (Phi) is 5.56. The van der Waals surface area contributed by atoms with Crippen molar-refractivity contribution < 1.29 is 9.15 Å². The monoisotopic (exact) mass is 225 g/mol. The smallest absolute Gasteiger partial charge is 0.118 e. The number of hydrogen-bond acceptors (Lipinski definition) is 3. The van der Waals surface area contributed by atoms with E-state index in [9.17, 15) is 0 Å². The summed E-state index contributed by atoms with van der Waals surface area (Å²) in [6, 6.07) is 1.98. The molecule has 0 aliphatic rings. The maximum Gasteiger partial charge on any atom is 0.118 e. The van der Waals surface area contributed by atoms with Crippen molar-refractivity contribution >= 4 is 0 Å². The van der Waals surface area contributed by atoms with Crippen LogP contribution in [-0.2, 0) is 17.9 Å². The molecule has 1 aromatic heterocycles. The first kappa shape index (κ1) is 13.3. The van der Waals surface area contributed by atoms with Crippen LogP contribution in [0.4, 0.5) is 0 Å². The van der Waals surface area contributed by atoms with Crippen molar-refractivity contribution in [3.63, 3.8) is 0 Å².